The molecule has 0 aliphatic rings. The molecule has 0 aliphatic carbocycles. The van der Waals surface area contributed by atoms with E-state index in [1.165, 1.54) is 0 Å². The van der Waals surface area contributed by atoms with Gasteiger partial charge in [-0.05, 0) is 27.7 Å². The predicted molar refractivity (Wildman–Crippen MR) is 54.5 cm³/mol. The van der Waals surface area contributed by atoms with Crippen LogP contribution in [0.4, 0.5) is 5.69 Å². The zero-order chi connectivity index (χ0) is 10.2. The first-order valence-corrected chi connectivity index (χ1v) is 4.42. The van der Waals surface area contributed by atoms with Crippen LogP contribution in [0.3, 0.4) is 0 Å². The molecule has 1 rings (SSSR count). The summed E-state index contributed by atoms with van der Waals surface area (Å²) in [5, 5.41) is 4.36. The highest BCUT2D eigenvalue weighted by atomic mass is 15.3. The molecule has 4 nitrogen and oxygen atoms in total. The normalized spacial score (nSPS) is 12.1. The summed E-state index contributed by atoms with van der Waals surface area (Å²) in [5.41, 5.74) is 14.0. The number of nitrogen functional groups attached to an aromatic ring is 1. The number of hydrogen-bond donors (Lipinski definition) is 2. The molecule has 0 saturated carbocycles. The van der Waals surface area contributed by atoms with Crippen LogP contribution in [-0.2, 0) is 5.54 Å². The largest absolute Gasteiger partial charge is 0.396 e. The zero-order valence-corrected chi connectivity index (χ0v) is 8.76. The maximum Gasteiger partial charge on any atom is 0.0826 e. The number of aromatic nitrogens is 2. The fourth-order valence-electron chi connectivity index (χ4n) is 1.33. The van der Waals surface area contributed by atoms with E-state index >= 15 is 0 Å². The molecule has 0 aliphatic heterocycles. The van der Waals surface area contributed by atoms with Crippen LogP contribution < -0.4 is 11.5 Å². The van der Waals surface area contributed by atoms with E-state index in [9.17, 15) is 0 Å². The Morgan fingerprint density at radius 3 is 2.23 bits per heavy atom. The molecule has 0 atom stereocenters. The Hall–Kier alpha value is -1.03. The second-order valence-electron chi connectivity index (χ2n) is 4.01. The molecule has 1 aromatic heterocycles. The number of hydrogen-bond acceptors (Lipinski definition) is 3. The van der Waals surface area contributed by atoms with Crippen molar-refractivity contribution >= 4 is 5.69 Å². The molecule has 0 saturated heterocycles. The Balaban J connectivity index is 3.23. The molecule has 0 aromatic carbocycles. The molecule has 0 fully saturated rings. The third-order valence-electron chi connectivity index (χ3n) is 2.42. The molecular weight excluding hydrogens is 164 g/mol. The molecular formula is C9H18N4. The van der Waals surface area contributed by atoms with Crippen LogP contribution in [0.1, 0.15) is 25.2 Å². The summed E-state index contributed by atoms with van der Waals surface area (Å²) in [6.45, 7) is 8.52. The van der Waals surface area contributed by atoms with Gasteiger partial charge in [-0.25, -0.2) is 0 Å². The van der Waals surface area contributed by atoms with Crippen molar-refractivity contribution in [1.82, 2.24) is 9.78 Å². The molecule has 0 spiro atoms. The Morgan fingerprint density at radius 2 is 1.92 bits per heavy atom. The van der Waals surface area contributed by atoms with Crippen LogP contribution >= 0.6 is 0 Å². The molecule has 13 heavy (non-hydrogen) atoms. The van der Waals surface area contributed by atoms with Gasteiger partial charge in [0.2, 0.25) is 0 Å². The Morgan fingerprint density at radius 1 is 1.38 bits per heavy atom. The second-order valence-corrected chi connectivity index (χ2v) is 4.01. The number of aryl methyl sites for hydroxylation is 1. The maximum atomic E-state index is 5.83. The van der Waals surface area contributed by atoms with Gasteiger partial charge in [-0.2, -0.15) is 5.10 Å². The van der Waals surface area contributed by atoms with E-state index in [1.54, 1.807) is 0 Å². The van der Waals surface area contributed by atoms with Crippen molar-refractivity contribution in [2.75, 3.05) is 12.3 Å². The highest BCUT2D eigenvalue weighted by molar-refractivity contribution is 5.47. The summed E-state index contributed by atoms with van der Waals surface area (Å²) in [6, 6.07) is 0. The third kappa shape index (κ3) is 1.54. The topological polar surface area (TPSA) is 69.9 Å². The number of nitrogens with two attached hydrogens (primary N) is 2. The van der Waals surface area contributed by atoms with Gasteiger partial charge in [0.05, 0.1) is 22.6 Å². The van der Waals surface area contributed by atoms with Crippen molar-refractivity contribution in [2.45, 2.75) is 33.2 Å². The summed E-state index contributed by atoms with van der Waals surface area (Å²) >= 11 is 0. The first-order valence-electron chi connectivity index (χ1n) is 4.42. The predicted octanol–water partition coefficient (Wildman–Crippen LogP) is 0.776. The van der Waals surface area contributed by atoms with Gasteiger partial charge in [0.15, 0.2) is 0 Å². The summed E-state index contributed by atoms with van der Waals surface area (Å²) in [7, 11) is 0. The molecule has 1 aromatic rings. The lowest BCUT2D eigenvalue weighted by molar-refractivity contribution is 0.322. The zero-order valence-electron chi connectivity index (χ0n) is 8.76. The first kappa shape index (κ1) is 10.1. The van der Waals surface area contributed by atoms with Gasteiger partial charge >= 0.3 is 0 Å². The van der Waals surface area contributed by atoms with E-state index in [4.69, 9.17) is 11.5 Å². The third-order valence-corrected chi connectivity index (χ3v) is 2.42. The van der Waals surface area contributed by atoms with Gasteiger partial charge in [0.25, 0.3) is 0 Å². The van der Waals surface area contributed by atoms with E-state index < -0.39 is 0 Å². The van der Waals surface area contributed by atoms with E-state index in [0.717, 1.165) is 17.1 Å². The molecule has 4 heteroatoms. The lowest BCUT2D eigenvalue weighted by Crippen LogP contribution is -2.36. The van der Waals surface area contributed by atoms with Crippen LogP contribution in [0.5, 0.6) is 0 Å². The monoisotopic (exact) mass is 182 g/mol. The second kappa shape index (κ2) is 3.03. The van der Waals surface area contributed by atoms with Gasteiger partial charge in [0, 0.05) is 6.54 Å². The van der Waals surface area contributed by atoms with Gasteiger partial charge in [-0.1, -0.05) is 0 Å². The highest BCUT2D eigenvalue weighted by Crippen LogP contribution is 2.22. The van der Waals surface area contributed by atoms with E-state index in [2.05, 4.69) is 5.10 Å². The van der Waals surface area contributed by atoms with E-state index in [0.29, 0.717) is 6.54 Å². The number of nitrogens with zero attached hydrogens (tertiary/aromatic N) is 2. The lowest BCUT2D eigenvalue weighted by atomic mass is 10.1. The fourth-order valence-corrected chi connectivity index (χ4v) is 1.33. The van der Waals surface area contributed by atoms with E-state index in [-0.39, 0.29) is 5.54 Å². The molecule has 0 bridgehead atoms. The molecule has 0 unspecified atom stereocenters. The summed E-state index contributed by atoms with van der Waals surface area (Å²) < 4.78 is 1.90. The summed E-state index contributed by atoms with van der Waals surface area (Å²) in [6.07, 6.45) is 0. The minimum Gasteiger partial charge on any atom is -0.396 e. The average Bonchev–Trinajstić information content (AvgIpc) is 2.33. The van der Waals surface area contributed by atoms with Crippen molar-refractivity contribution in [2.24, 2.45) is 5.73 Å². The van der Waals surface area contributed by atoms with Crippen molar-refractivity contribution in [3.63, 3.8) is 0 Å². The van der Waals surface area contributed by atoms with Crippen molar-refractivity contribution in [3.05, 3.63) is 11.4 Å². The number of anilines is 1. The molecule has 74 valence electrons. The quantitative estimate of drug-likeness (QED) is 0.710. The smallest absolute Gasteiger partial charge is 0.0826 e. The SMILES string of the molecule is Cc1nn(C(C)(C)CN)c(C)c1N. The van der Waals surface area contributed by atoms with Crippen molar-refractivity contribution in [3.8, 4) is 0 Å². The average molecular weight is 182 g/mol. The van der Waals surface area contributed by atoms with Gasteiger partial charge in [0.1, 0.15) is 0 Å². The van der Waals surface area contributed by atoms with Crippen LogP contribution in [-0.4, -0.2) is 16.3 Å². The summed E-state index contributed by atoms with van der Waals surface area (Å²) in [4.78, 5) is 0. The van der Waals surface area contributed by atoms with Crippen molar-refractivity contribution < 1.29 is 0 Å². The molecule has 4 N–H and O–H groups in total. The molecule has 0 amide bonds. The highest BCUT2D eigenvalue weighted by Gasteiger charge is 2.22. The van der Waals surface area contributed by atoms with Gasteiger partial charge in [-0.3, -0.25) is 4.68 Å². The van der Waals surface area contributed by atoms with E-state index in [1.807, 2.05) is 32.4 Å². The fraction of sp³-hybridized carbons (Fsp3) is 0.667. The standard InChI is InChI=1S/C9H18N4/c1-6-8(11)7(2)13(12-6)9(3,4)5-10/h5,10-11H2,1-4H3. The first-order chi connectivity index (χ1) is 5.90. The Kier molecular flexibility index (Phi) is 2.34. The van der Waals surface area contributed by atoms with Gasteiger partial charge < -0.3 is 11.5 Å². The Labute approximate surface area is 78.9 Å². The van der Waals surface area contributed by atoms with Crippen LogP contribution in [0.15, 0.2) is 0 Å². The minimum absolute atomic E-state index is 0.160. The molecule has 0 radical (unpaired) electrons. The summed E-state index contributed by atoms with van der Waals surface area (Å²) in [5.74, 6) is 0. The minimum atomic E-state index is -0.160. The van der Waals surface area contributed by atoms with Crippen LogP contribution in [0.25, 0.3) is 0 Å². The van der Waals surface area contributed by atoms with Gasteiger partial charge in [-0.15, -0.1) is 0 Å². The molecule has 1 heterocycles. The van der Waals surface area contributed by atoms with Crippen LogP contribution in [0, 0.1) is 13.8 Å². The number of rotatable bonds is 2. The van der Waals surface area contributed by atoms with Crippen LogP contribution in [0.2, 0.25) is 0 Å². The lowest BCUT2D eigenvalue weighted by Gasteiger charge is -2.24. The maximum absolute atomic E-state index is 5.83. The Bertz CT molecular complexity index is 312. The van der Waals surface area contributed by atoms with Crippen molar-refractivity contribution in [1.29, 1.82) is 0 Å².